The van der Waals surface area contributed by atoms with Gasteiger partial charge in [-0.15, -0.1) is 0 Å². The van der Waals surface area contributed by atoms with Crippen LogP contribution in [0, 0.1) is 5.41 Å². The molecule has 0 radical (unpaired) electrons. The zero-order valence-electron chi connectivity index (χ0n) is 11.5. The van der Waals surface area contributed by atoms with Crippen LogP contribution in [-0.4, -0.2) is 31.9 Å². The molecule has 0 saturated heterocycles. The molecule has 5 heteroatoms. The molecule has 2 rings (SSSR count). The van der Waals surface area contributed by atoms with Crippen molar-refractivity contribution in [2.24, 2.45) is 5.41 Å². The van der Waals surface area contributed by atoms with Crippen LogP contribution in [0.4, 0.5) is 0 Å². The molecule has 2 N–H and O–H groups in total. The average molecular weight is 286 g/mol. The van der Waals surface area contributed by atoms with Gasteiger partial charge in [-0.3, -0.25) is 0 Å². The minimum absolute atomic E-state index is 0.0634. The monoisotopic (exact) mass is 285 g/mol. The molecule has 0 fully saturated rings. The van der Waals surface area contributed by atoms with Crippen LogP contribution in [0.1, 0.15) is 25.5 Å². The summed E-state index contributed by atoms with van der Waals surface area (Å²) < 4.78 is 11.5. The lowest BCUT2D eigenvalue weighted by atomic mass is 9.97. The topological polar surface area (TPSA) is 50.7 Å². The number of likely N-dealkylation sites (N-methyl/N-ethyl adjacent to an activating group) is 1. The lowest BCUT2D eigenvalue weighted by Crippen LogP contribution is -2.26. The molecular formula is C14H20ClNO3. The Morgan fingerprint density at radius 3 is 2.74 bits per heavy atom. The molecule has 1 aliphatic rings. The first-order valence-electron chi connectivity index (χ1n) is 6.35. The number of aliphatic hydroxyl groups excluding tert-OH is 1. The Kier molecular flexibility index (Phi) is 4.23. The molecule has 0 aromatic heterocycles. The van der Waals surface area contributed by atoms with E-state index in [4.69, 9.17) is 21.1 Å². The van der Waals surface area contributed by atoms with Gasteiger partial charge in [-0.25, -0.2) is 0 Å². The lowest BCUT2D eigenvalue weighted by Gasteiger charge is -2.19. The van der Waals surface area contributed by atoms with E-state index in [0.717, 1.165) is 5.56 Å². The van der Waals surface area contributed by atoms with Gasteiger partial charge in [0, 0.05) is 12.0 Å². The summed E-state index contributed by atoms with van der Waals surface area (Å²) >= 11 is 6.22. The fourth-order valence-electron chi connectivity index (χ4n) is 1.92. The molecule has 1 aromatic carbocycles. The first kappa shape index (κ1) is 14.4. The third kappa shape index (κ3) is 3.32. The second-order valence-corrected chi connectivity index (χ2v) is 6.05. The molecule has 19 heavy (non-hydrogen) atoms. The summed E-state index contributed by atoms with van der Waals surface area (Å²) in [7, 11) is 1.79. The molecule has 1 aromatic rings. The van der Waals surface area contributed by atoms with E-state index in [-0.39, 0.29) is 5.41 Å². The van der Waals surface area contributed by atoms with E-state index < -0.39 is 6.10 Å². The zero-order chi connectivity index (χ0) is 14.0. The molecule has 4 nitrogen and oxygen atoms in total. The van der Waals surface area contributed by atoms with Gasteiger partial charge in [-0.05, 0) is 24.7 Å². The number of rotatable bonds is 3. The largest absolute Gasteiger partial charge is 0.489 e. The van der Waals surface area contributed by atoms with Gasteiger partial charge in [0.05, 0.1) is 24.3 Å². The van der Waals surface area contributed by atoms with Crippen LogP contribution >= 0.6 is 11.6 Å². The summed E-state index contributed by atoms with van der Waals surface area (Å²) in [4.78, 5) is 0. The zero-order valence-corrected chi connectivity index (χ0v) is 12.3. The molecule has 1 unspecified atom stereocenters. The number of hydrogen-bond acceptors (Lipinski definition) is 4. The van der Waals surface area contributed by atoms with Crippen molar-refractivity contribution in [3.8, 4) is 11.5 Å². The van der Waals surface area contributed by atoms with Gasteiger partial charge < -0.3 is 19.9 Å². The van der Waals surface area contributed by atoms with E-state index in [1.54, 1.807) is 19.2 Å². The summed E-state index contributed by atoms with van der Waals surface area (Å²) in [5.41, 5.74) is 0.660. The molecule has 1 heterocycles. The predicted molar refractivity (Wildman–Crippen MR) is 75.1 cm³/mol. The fourth-order valence-corrected chi connectivity index (χ4v) is 2.20. The van der Waals surface area contributed by atoms with Crippen molar-refractivity contribution in [3.63, 3.8) is 0 Å². The minimum Gasteiger partial charge on any atom is -0.489 e. The van der Waals surface area contributed by atoms with Crippen LogP contribution in [0.25, 0.3) is 0 Å². The highest BCUT2D eigenvalue weighted by molar-refractivity contribution is 6.32. The number of fused-ring (bicyclic) bond motifs is 1. The molecule has 1 aliphatic heterocycles. The summed E-state index contributed by atoms with van der Waals surface area (Å²) in [6.45, 7) is 5.72. The molecular weight excluding hydrogens is 266 g/mol. The first-order valence-corrected chi connectivity index (χ1v) is 6.72. The number of ether oxygens (including phenoxy) is 2. The van der Waals surface area contributed by atoms with Crippen molar-refractivity contribution >= 4 is 11.6 Å². The van der Waals surface area contributed by atoms with Crippen LogP contribution in [-0.2, 0) is 0 Å². The second-order valence-electron chi connectivity index (χ2n) is 5.65. The van der Waals surface area contributed by atoms with Crippen molar-refractivity contribution in [1.29, 1.82) is 0 Å². The number of aliphatic hydroxyl groups is 1. The SMILES string of the molecule is CNCC(O)c1cc(Cl)c2c(c1)OCC(C)(C)CO2. The first-order chi connectivity index (χ1) is 8.93. The Hall–Kier alpha value is -0.970. The Labute approximate surface area is 118 Å². The third-order valence-electron chi connectivity index (χ3n) is 3.04. The maximum atomic E-state index is 10.0. The fraction of sp³-hybridized carbons (Fsp3) is 0.571. The van der Waals surface area contributed by atoms with Gasteiger partial charge >= 0.3 is 0 Å². The van der Waals surface area contributed by atoms with Gasteiger partial charge in [0.15, 0.2) is 11.5 Å². The van der Waals surface area contributed by atoms with Crippen molar-refractivity contribution in [3.05, 3.63) is 22.7 Å². The molecule has 1 atom stereocenters. The van der Waals surface area contributed by atoms with Gasteiger partial charge in [-0.2, -0.15) is 0 Å². The number of hydrogen-bond donors (Lipinski definition) is 2. The van der Waals surface area contributed by atoms with E-state index >= 15 is 0 Å². The quantitative estimate of drug-likeness (QED) is 0.895. The van der Waals surface area contributed by atoms with Crippen LogP contribution in [0.15, 0.2) is 12.1 Å². The maximum absolute atomic E-state index is 10.0. The smallest absolute Gasteiger partial charge is 0.179 e. The average Bonchev–Trinajstić information content (AvgIpc) is 2.49. The van der Waals surface area contributed by atoms with E-state index in [9.17, 15) is 5.11 Å². The second kappa shape index (κ2) is 5.57. The van der Waals surface area contributed by atoms with Crippen LogP contribution in [0.5, 0.6) is 11.5 Å². The van der Waals surface area contributed by atoms with Gasteiger partial charge in [0.25, 0.3) is 0 Å². The lowest BCUT2D eigenvalue weighted by molar-refractivity contribution is 0.140. The van der Waals surface area contributed by atoms with Crippen molar-refractivity contribution in [2.75, 3.05) is 26.8 Å². The Morgan fingerprint density at radius 2 is 2.05 bits per heavy atom. The number of halogens is 1. The Balaban J connectivity index is 2.31. The van der Waals surface area contributed by atoms with Crippen LogP contribution in [0.2, 0.25) is 5.02 Å². The van der Waals surface area contributed by atoms with E-state index in [2.05, 4.69) is 19.2 Å². The van der Waals surface area contributed by atoms with E-state index in [1.807, 2.05) is 0 Å². The normalized spacial score (nSPS) is 18.8. The Bertz CT molecular complexity index is 462. The van der Waals surface area contributed by atoms with Gasteiger partial charge in [0.1, 0.15) is 0 Å². The van der Waals surface area contributed by atoms with Crippen molar-refractivity contribution in [2.45, 2.75) is 20.0 Å². The number of benzene rings is 1. The summed E-state index contributed by atoms with van der Waals surface area (Å²) in [5.74, 6) is 1.16. The molecule has 106 valence electrons. The summed E-state index contributed by atoms with van der Waals surface area (Å²) in [5, 5.41) is 13.4. The highest BCUT2D eigenvalue weighted by Crippen LogP contribution is 2.41. The molecule has 0 spiro atoms. The van der Waals surface area contributed by atoms with Crippen LogP contribution < -0.4 is 14.8 Å². The highest BCUT2D eigenvalue weighted by Gasteiger charge is 2.27. The minimum atomic E-state index is -0.618. The van der Waals surface area contributed by atoms with Gasteiger partial charge in [-0.1, -0.05) is 25.4 Å². The summed E-state index contributed by atoms with van der Waals surface area (Å²) in [6.07, 6.45) is -0.618. The molecule has 0 amide bonds. The molecule has 0 bridgehead atoms. The molecule has 0 saturated carbocycles. The Morgan fingerprint density at radius 1 is 1.37 bits per heavy atom. The maximum Gasteiger partial charge on any atom is 0.179 e. The molecule has 0 aliphatic carbocycles. The standard InChI is InChI=1S/C14H20ClNO3/c1-14(2)7-18-12-5-9(11(17)6-16-3)4-10(15)13(12)19-8-14/h4-5,11,16-17H,6-8H2,1-3H3. The van der Waals surface area contributed by atoms with Crippen molar-refractivity contribution in [1.82, 2.24) is 5.32 Å². The van der Waals surface area contributed by atoms with Gasteiger partial charge in [0.2, 0.25) is 0 Å². The third-order valence-corrected chi connectivity index (χ3v) is 3.32. The van der Waals surface area contributed by atoms with Crippen molar-refractivity contribution < 1.29 is 14.6 Å². The summed E-state index contributed by atoms with van der Waals surface area (Å²) in [6, 6.07) is 3.52. The van der Waals surface area contributed by atoms with E-state index in [1.165, 1.54) is 0 Å². The van der Waals surface area contributed by atoms with Crippen LogP contribution in [0.3, 0.4) is 0 Å². The highest BCUT2D eigenvalue weighted by atomic mass is 35.5. The van der Waals surface area contributed by atoms with E-state index in [0.29, 0.717) is 36.3 Å². The predicted octanol–water partition coefficient (Wildman–Crippen LogP) is 2.39. The number of nitrogens with one attached hydrogen (secondary N) is 1.